The lowest BCUT2D eigenvalue weighted by Gasteiger charge is -2.11. The van der Waals surface area contributed by atoms with E-state index < -0.39 is 10.8 Å². The highest BCUT2D eigenvalue weighted by Gasteiger charge is 2.18. The quantitative estimate of drug-likeness (QED) is 0.645. The van der Waals surface area contributed by atoms with E-state index in [1.807, 2.05) is 0 Å². The number of nitrogens with zero attached hydrogens (tertiary/aromatic N) is 1. The molecule has 0 aliphatic carbocycles. The van der Waals surface area contributed by atoms with Gasteiger partial charge in [0, 0.05) is 23.4 Å². The van der Waals surface area contributed by atoms with Gasteiger partial charge in [0.15, 0.2) is 17.2 Å². The SMILES string of the molecule is COc1ccc(NC(=O)c2ccc(OC)c([N+](=O)[O-])c2)cc1OC. The Bertz CT molecular complexity index is 775. The summed E-state index contributed by atoms with van der Waals surface area (Å²) >= 11 is 0. The molecule has 2 rings (SSSR count). The Morgan fingerprint density at radius 2 is 1.58 bits per heavy atom. The highest BCUT2D eigenvalue weighted by molar-refractivity contribution is 6.05. The van der Waals surface area contributed by atoms with Gasteiger partial charge in [0.2, 0.25) is 0 Å². The lowest BCUT2D eigenvalue weighted by Crippen LogP contribution is -2.12. The number of carbonyl (C=O) groups is 1. The van der Waals surface area contributed by atoms with Crippen LogP contribution in [0, 0.1) is 10.1 Å². The third-order valence-corrected chi connectivity index (χ3v) is 3.28. The molecule has 0 spiro atoms. The van der Waals surface area contributed by atoms with Gasteiger partial charge < -0.3 is 19.5 Å². The van der Waals surface area contributed by atoms with Crippen molar-refractivity contribution in [2.45, 2.75) is 0 Å². The Balaban J connectivity index is 2.27. The number of nitro groups is 1. The summed E-state index contributed by atoms with van der Waals surface area (Å²) in [7, 11) is 4.31. The first-order valence-electron chi connectivity index (χ1n) is 6.86. The molecule has 0 atom stereocenters. The number of nitrogens with one attached hydrogen (secondary N) is 1. The van der Waals surface area contributed by atoms with E-state index in [4.69, 9.17) is 14.2 Å². The number of benzene rings is 2. The van der Waals surface area contributed by atoms with E-state index in [1.165, 1.54) is 33.5 Å². The normalized spacial score (nSPS) is 9.96. The molecule has 8 nitrogen and oxygen atoms in total. The first-order valence-corrected chi connectivity index (χ1v) is 6.86. The van der Waals surface area contributed by atoms with Crippen LogP contribution >= 0.6 is 0 Å². The van der Waals surface area contributed by atoms with Crippen LogP contribution in [0.15, 0.2) is 36.4 Å². The van der Waals surface area contributed by atoms with Gasteiger partial charge in [-0.05, 0) is 24.3 Å². The summed E-state index contributed by atoms with van der Waals surface area (Å²) in [6, 6.07) is 8.86. The van der Waals surface area contributed by atoms with E-state index in [9.17, 15) is 14.9 Å². The molecule has 0 saturated heterocycles. The molecule has 2 aromatic carbocycles. The van der Waals surface area contributed by atoms with Crippen LogP contribution in [-0.2, 0) is 0 Å². The van der Waals surface area contributed by atoms with Gasteiger partial charge in [-0.25, -0.2) is 0 Å². The molecular formula is C16H16N2O6. The van der Waals surface area contributed by atoms with Crippen LogP contribution in [0.1, 0.15) is 10.4 Å². The van der Waals surface area contributed by atoms with Crippen molar-refractivity contribution in [2.75, 3.05) is 26.6 Å². The lowest BCUT2D eigenvalue weighted by atomic mass is 10.1. The second-order valence-electron chi connectivity index (χ2n) is 4.67. The highest BCUT2D eigenvalue weighted by Crippen LogP contribution is 2.31. The summed E-state index contributed by atoms with van der Waals surface area (Å²) in [6.45, 7) is 0. The average molecular weight is 332 g/mol. The Morgan fingerprint density at radius 3 is 2.17 bits per heavy atom. The summed E-state index contributed by atoms with van der Waals surface area (Å²) in [5.41, 5.74) is 0.325. The monoisotopic (exact) mass is 332 g/mol. The number of amides is 1. The van der Waals surface area contributed by atoms with E-state index in [-0.39, 0.29) is 17.0 Å². The molecule has 24 heavy (non-hydrogen) atoms. The summed E-state index contributed by atoms with van der Waals surface area (Å²) in [5, 5.41) is 13.7. The number of anilines is 1. The van der Waals surface area contributed by atoms with E-state index in [1.54, 1.807) is 18.2 Å². The maximum absolute atomic E-state index is 12.3. The van der Waals surface area contributed by atoms with Crippen LogP contribution in [-0.4, -0.2) is 32.2 Å². The highest BCUT2D eigenvalue weighted by atomic mass is 16.6. The van der Waals surface area contributed by atoms with Crippen molar-refractivity contribution < 1.29 is 23.9 Å². The van der Waals surface area contributed by atoms with Crippen molar-refractivity contribution in [1.29, 1.82) is 0 Å². The first kappa shape index (κ1) is 17.1. The summed E-state index contributed by atoms with van der Waals surface area (Å²) in [5.74, 6) is 0.572. The molecule has 126 valence electrons. The van der Waals surface area contributed by atoms with Crippen LogP contribution < -0.4 is 19.5 Å². The Kier molecular flexibility index (Phi) is 5.20. The predicted octanol–water partition coefficient (Wildman–Crippen LogP) is 2.87. The van der Waals surface area contributed by atoms with Crippen LogP contribution in [0.25, 0.3) is 0 Å². The molecule has 0 heterocycles. The van der Waals surface area contributed by atoms with E-state index in [0.717, 1.165) is 6.07 Å². The van der Waals surface area contributed by atoms with Gasteiger partial charge in [-0.15, -0.1) is 0 Å². The van der Waals surface area contributed by atoms with E-state index >= 15 is 0 Å². The molecule has 1 N–H and O–H groups in total. The molecule has 0 unspecified atom stereocenters. The molecule has 0 bridgehead atoms. The minimum Gasteiger partial charge on any atom is -0.493 e. The Hall–Kier alpha value is -3.29. The van der Waals surface area contributed by atoms with Crippen LogP contribution in [0.5, 0.6) is 17.2 Å². The Labute approximate surface area is 138 Å². The van der Waals surface area contributed by atoms with Crippen LogP contribution in [0.3, 0.4) is 0 Å². The third kappa shape index (κ3) is 3.54. The maximum atomic E-state index is 12.3. The fraction of sp³-hybridized carbons (Fsp3) is 0.188. The number of nitro benzene ring substituents is 1. The maximum Gasteiger partial charge on any atom is 0.311 e. The summed E-state index contributed by atoms with van der Waals surface area (Å²) < 4.78 is 15.2. The molecule has 0 aliphatic rings. The lowest BCUT2D eigenvalue weighted by molar-refractivity contribution is -0.385. The van der Waals surface area contributed by atoms with Gasteiger partial charge >= 0.3 is 5.69 Å². The number of methoxy groups -OCH3 is 3. The first-order chi connectivity index (χ1) is 11.5. The molecule has 0 fully saturated rings. The van der Waals surface area contributed by atoms with Crippen molar-refractivity contribution in [3.63, 3.8) is 0 Å². The molecule has 1 amide bonds. The fourth-order valence-corrected chi connectivity index (χ4v) is 2.09. The molecule has 0 aromatic heterocycles. The minimum absolute atomic E-state index is 0.0858. The van der Waals surface area contributed by atoms with Crippen molar-refractivity contribution in [1.82, 2.24) is 0 Å². The van der Waals surface area contributed by atoms with E-state index in [2.05, 4.69) is 5.32 Å². The molecule has 0 saturated carbocycles. The van der Waals surface area contributed by atoms with Crippen LogP contribution in [0.4, 0.5) is 11.4 Å². The minimum atomic E-state index is -0.605. The van der Waals surface area contributed by atoms with E-state index in [0.29, 0.717) is 17.2 Å². The molecule has 2 aromatic rings. The average Bonchev–Trinajstić information content (AvgIpc) is 2.60. The smallest absolute Gasteiger partial charge is 0.311 e. The second kappa shape index (κ2) is 7.32. The number of hydrogen-bond acceptors (Lipinski definition) is 6. The molecule has 0 radical (unpaired) electrons. The van der Waals surface area contributed by atoms with Crippen molar-refractivity contribution in [3.8, 4) is 17.2 Å². The number of ether oxygens (including phenoxy) is 3. The van der Waals surface area contributed by atoms with Gasteiger partial charge in [-0.1, -0.05) is 0 Å². The van der Waals surface area contributed by atoms with Gasteiger partial charge in [0.1, 0.15) is 0 Å². The fourth-order valence-electron chi connectivity index (χ4n) is 2.09. The second-order valence-corrected chi connectivity index (χ2v) is 4.67. The van der Waals surface area contributed by atoms with Crippen LogP contribution in [0.2, 0.25) is 0 Å². The molecule has 8 heteroatoms. The van der Waals surface area contributed by atoms with Crippen molar-refractivity contribution >= 4 is 17.3 Å². The third-order valence-electron chi connectivity index (χ3n) is 3.28. The van der Waals surface area contributed by atoms with Crippen molar-refractivity contribution in [2.24, 2.45) is 0 Å². The van der Waals surface area contributed by atoms with Gasteiger partial charge in [0.25, 0.3) is 5.91 Å². The number of rotatable bonds is 6. The molecular weight excluding hydrogens is 316 g/mol. The number of hydrogen-bond donors (Lipinski definition) is 1. The zero-order chi connectivity index (χ0) is 17.7. The molecule has 0 aliphatic heterocycles. The summed E-state index contributed by atoms with van der Waals surface area (Å²) in [4.78, 5) is 22.7. The summed E-state index contributed by atoms with van der Waals surface area (Å²) in [6.07, 6.45) is 0. The predicted molar refractivity (Wildman–Crippen MR) is 87.1 cm³/mol. The van der Waals surface area contributed by atoms with Gasteiger partial charge in [-0.3, -0.25) is 14.9 Å². The standard InChI is InChI=1S/C16H16N2O6/c1-22-13-6-4-10(8-12(13)18(20)21)16(19)17-11-5-7-14(23-2)15(9-11)24-3/h4-9H,1-3H3,(H,17,19). The van der Waals surface area contributed by atoms with Gasteiger partial charge in [0.05, 0.1) is 26.3 Å². The topological polar surface area (TPSA) is 99.9 Å². The Morgan fingerprint density at radius 1 is 0.958 bits per heavy atom. The van der Waals surface area contributed by atoms with Crippen molar-refractivity contribution in [3.05, 3.63) is 52.1 Å². The largest absolute Gasteiger partial charge is 0.493 e. The zero-order valence-corrected chi connectivity index (χ0v) is 13.4. The van der Waals surface area contributed by atoms with Gasteiger partial charge in [-0.2, -0.15) is 0 Å². The zero-order valence-electron chi connectivity index (χ0n) is 13.4. The number of carbonyl (C=O) groups excluding carboxylic acids is 1.